The lowest BCUT2D eigenvalue weighted by atomic mass is 10.1. The number of carbonyl (C=O) groups excluding carboxylic acids is 2. The SMILES string of the molecule is CCNC(=O)[C@H](C)N(Cc1ccccc1Cl)C(=O)CN(c1ccc(C)c(C)c1)S(=O)(=O)c1ccccc1. The van der Waals surface area contributed by atoms with Crippen LogP contribution in [0, 0.1) is 13.8 Å². The maximum Gasteiger partial charge on any atom is 0.264 e. The van der Waals surface area contributed by atoms with Crippen LogP contribution in [0.5, 0.6) is 0 Å². The van der Waals surface area contributed by atoms with Crippen molar-refractivity contribution in [1.29, 1.82) is 0 Å². The molecule has 0 aliphatic carbocycles. The third kappa shape index (κ3) is 6.70. The largest absolute Gasteiger partial charge is 0.355 e. The Morgan fingerprint density at radius 1 is 0.946 bits per heavy atom. The first-order valence-electron chi connectivity index (χ1n) is 12.0. The molecule has 0 radical (unpaired) electrons. The molecule has 0 aliphatic rings. The van der Waals surface area contributed by atoms with Crippen LogP contribution in [0.25, 0.3) is 0 Å². The Bertz CT molecular complexity index is 1360. The van der Waals surface area contributed by atoms with E-state index < -0.39 is 28.5 Å². The Balaban J connectivity index is 2.05. The topological polar surface area (TPSA) is 86.8 Å². The second-order valence-electron chi connectivity index (χ2n) is 8.78. The van der Waals surface area contributed by atoms with Crippen molar-refractivity contribution in [1.82, 2.24) is 10.2 Å². The van der Waals surface area contributed by atoms with E-state index in [2.05, 4.69) is 5.32 Å². The molecule has 7 nitrogen and oxygen atoms in total. The number of likely N-dealkylation sites (N-methyl/N-ethyl adjacent to an activating group) is 1. The first-order chi connectivity index (χ1) is 17.6. The summed E-state index contributed by atoms with van der Waals surface area (Å²) >= 11 is 6.36. The lowest BCUT2D eigenvalue weighted by Crippen LogP contribution is -2.51. The molecule has 0 fully saturated rings. The summed E-state index contributed by atoms with van der Waals surface area (Å²) in [5.74, 6) is -0.872. The van der Waals surface area contributed by atoms with Crippen LogP contribution in [-0.2, 0) is 26.2 Å². The number of hydrogen-bond acceptors (Lipinski definition) is 4. The number of rotatable bonds is 10. The van der Waals surface area contributed by atoms with E-state index in [1.54, 1.807) is 68.4 Å². The zero-order chi connectivity index (χ0) is 27.2. The van der Waals surface area contributed by atoms with Crippen LogP contribution < -0.4 is 9.62 Å². The first kappa shape index (κ1) is 28.2. The standard InChI is InChI=1S/C28H32ClN3O4S/c1-5-30-28(34)22(4)31(18-23-11-9-10-14-26(23)29)27(33)19-32(24-16-15-20(2)21(3)17-24)37(35,36)25-12-7-6-8-13-25/h6-17,22H,5,18-19H2,1-4H3,(H,30,34)/t22-/m0/s1. The molecular formula is C28H32ClN3O4S. The number of amides is 2. The van der Waals surface area contributed by atoms with Crippen molar-refractivity contribution < 1.29 is 18.0 Å². The first-order valence-corrected chi connectivity index (χ1v) is 13.8. The maximum absolute atomic E-state index is 13.8. The summed E-state index contributed by atoms with van der Waals surface area (Å²) in [5.41, 5.74) is 2.90. The highest BCUT2D eigenvalue weighted by Gasteiger charge is 2.32. The van der Waals surface area contributed by atoms with E-state index in [0.717, 1.165) is 15.4 Å². The van der Waals surface area contributed by atoms with Gasteiger partial charge in [-0.05, 0) is 74.7 Å². The van der Waals surface area contributed by atoms with Crippen LogP contribution in [0.3, 0.4) is 0 Å². The fourth-order valence-electron chi connectivity index (χ4n) is 3.84. The Labute approximate surface area is 224 Å². The number of halogens is 1. The summed E-state index contributed by atoms with van der Waals surface area (Å²) in [6.07, 6.45) is 0. The summed E-state index contributed by atoms with van der Waals surface area (Å²) in [5, 5.41) is 3.19. The summed E-state index contributed by atoms with van der Waals surface area (Å²) in [6.45, 7) is 7.17. The highest BCUT2D eigenvalue weighted by Crippen LogP contribution is 2.27. The van der Waals surface area contributed by atoms with E-state index in [4.69, 9.17) is 11.6 Å². The van der Waals surface area contributed by atoms with Gasteiger partial charge in [0.15, 0.2) is 0 Å². The van der Waals surface area contributed by atoms with Gasteiger partial charge in [-0.25, -0.2) is 8.42 Å². The third-order valence-corrected chi connectivity index (χ3v) is 8.36. The molecule has 0 saturated carbocycles. The highest BCUT2D eigenvalue weighted by molar-refractivity contribution is 7.92. The van der Waals surface area contributed by atoms with E-state index in [9.17, 15) is 18.0 Å². The van der Waals surface area contributed by atoms with Crippen molar-refractivity contribution in [2.24, 2.45) is 0 Å². The van der Waals surface area contributed by atoms with Crippen molar-refractivity contribution in [3.8, 4) is 0 Å². The molecule has 9 heteroatoms. The van der Waals surface area contributed by atoms with Gasteiger partial charge in [0, 0.05) is 18.1 Å². The second kappa shape index (κ2) is 12.3. The predicted molar refractivity (Wildman–Crippen MR) is 147 cm³/mol. The van der Waals surface area contributed by atoms with Crippen LogP contribution in [0.2, 0.25) is 5.02 Å². The molecule has 0 bridgehead atoms. The molecule has 0 aliphatic heterocycles. The Morgan fingerprint density at radius 2 is 1.59 bits per heavy atom. The van der Waals surface area contributed by atoms with E-state index in [1.807, 2.05) is 19.9 Å². The second-order valence-corrected chi connectivity index (χ2v) is 11.0. The van der Waals surface area contributed by atoms with Gasteiger partial charge in [-0.1, -0.05) is 54.1 Å². The zero-order valence-electron chi connectivity index (χ0n) is 21.4. The quantitative estimate of drug-likeness (QED) is 0.403. The summed E-state index contributed by atoms with van der Waals surface area (Å²) in [4.78, 5) is 28.0. The van der Waals surface area contributed by atoms with Gasteiger partial charge in [0.1, 0.15) is 12.6 Å². The number of nitrogens with zero attached hydrogens (tertiary/aromatic N) is 2. The van der Waals surface area contributed by atoms with Gasteiger partial charge < -0.3 is 10.2 Å². The summed E-state index contributed by atoms with van der Waals surface area (Å²) in [6, 6.07) is 19.4. The van der Waals surface area contributed by atoms with Crippen LogP contribution in [0.4, 0.5) is 5.69 Å². The number of aryl methyl sites for hydroxylation is 2. The molecule has 3 aromatic carbocycles. The van der Waals surface area contributed by atoms with Crippen molar-refractivity contribution >= 4 is 39.1 Å². The molecule has 1 atom stereocenters. The minimum atomic E-state index is -4.09. The van der Waals surface area contributed by atoms with Gasteiger partial charge >= 0.3 is 0 Å². The van der Waals surface area contributed by atoms with E-state index in [-0.39, 0.29) is 17.3 Å². The minimum absolute atomic E-state index is 0.0446. The smallest absolute Gasteiger partial charge is 0.264 e. The van der Waals surface area contributed by atoms with Gasteiger partial charge in [0.25, 0.3) is 10.0 Å². The zero-order valence-corrected chi connectivity index (χ0v) is 23.0. The fraction of sp³-hybridized carbons (Fsp3) is 0.286. The van der Waals surface area contributed by atoms with Crippen molar-refractivity contribution in [3.63, 3.8) is 0 Å². The molecule has 0 unspecified atom stereocenters. The van der Waals surface area contributed by atoms with Gasteiger partial charge in [0.2, 0.25) is 11.8 Å². The maximum atomic E-state index is 13.8. The van der Waals surface area contributed by atoms with Gasteiger partial charge in [-0.15, -0.1) is 0 Å². The van der Waals surface area contributed by atoms with Gasteiger partial charge in [-0.2, -0.15) is 0 Å². The van der Waals surface area contributed by atoms with Crippen LogP contribution in [0.1, 0.15) is 30.5 Å². The van der Waals surface area contributed by atoms with Crippen molar-refractivity contribution in [2.45, 2.75) is 45.2 Å². The average Bonchev–Trinajstić information content (AvgIpc) is 2.88. The number of benzene rings is 3. The minimum Gasteiger partial charge on any atom is -0.355 e. The normalized spacial score (nSPS) is 12.0. The van der Waals surface area contributed by atoms with Crippen molar-refractivity contribution in [3.05, 3.63) is 94.5 Å². The Morgan fingerprint density at radius 3 is 2.22 bits per heavy atom. The van der Waals surface area contributed by atoms with Crippen LogP contribution >= 0.6 is 11.6 Å². The predicted octanol–water partition coefficient (Wildman–Crippen LogP) is 4.71. The van der Waals surface area contributed by atoms with Crippen molar-refractivity contribution in [2.75, 3.05) is 17.4 Å². The molecule has 3 rings (SSSR count). The summed E-state index contributed by atoms with van der Waals surface area (Å²) in [7, 11) is -4.09. The number of nitrogens with one attached hydrogen (secondary N) is 1. The molecule has 2 amide bonds. The lowest BCUT2D eigenvalue weighted by Gasteiger charge is -2.32. The van der Waals surface area contributed by atoms with Gasteiger partial charge in [-0.3, -0.25) is 13.9 Å². The molecule has 0 heterocycles. The molecule has 0 aromatic heterocycles. The third-order valence-electron chi connectivity index (χ3n) is 6.21. The van der Waals surface area contributed by atoms with Crippen LogP contribution in [-0.4, -0.2) is 44.3 Å². The molecule has 0 saturated heterocycles. The molecule has 0 spiro atoms. The molecule has 3 aromatic rings. The lowest BCUT2D eigenvalue weighted by molar-refractivity contribution is -0.139. The van der Waals surface area contributed by atoms with Gasteiger partial charge in [0.05, 0.1) is 10.6 Å². The monoisotopic (exact) mass is 541 g/mol. The highest BCUT2D eigenvalue weighted by atomic mass is 35.5. The molecule has 196 valence electrons. The number of sulfonamides is 1. The number of anilines is 1. The van der Waals surface area contributed by atoms with Crippen LogP contribution in [0.15, 0.2) is 77.7 Å². The number of hydrogen-bond donors (Lipinski definition) is 1. The average molecular weight is 542 g/mol. The molecule has 37 heavy (non-hydrogen) atoms. The Hall–Kier alpha value is -3.36. The summed E-state index contributed by atoms with van der Waals surface area (Å²) < 4.78 is 28.6. The molecular weight excluding hydrogens is 510 g/mol. The Kier molecular flexibility index (Phi) is 9.34. The molecule has 1 N–H and O–H groups in total. The number of carbonyl (C=O) groups is 2. The van der Waals surface area contributed by atoms with E-state index in [0.29, 0.717) is 22.8 Å². The van der Waals surface area contributed by atoms with E-state index >= 15 is 0 Å². The van der Waals surface area contributed by atoms with E-state index in [1.165, 1.54) is 17.0 Å². The fourth-order valence-corrected chi connectivity index (χ4v) is 5.47.